The average molecular weight is 986 g/mol. The molecule has 378 valence electrons. The first-order valence-electron chi connectivity index (χ1n) is 21.3. The maximum atomic E-state index is 13.7. The average Bonchev–Trinajstić information content (AvgIpc) is 3.25. The number of hydrogen-bond acceptors (Lipinski definition) is 12. The zero-order valence-electron chi connectivity index (χ0n) is 40.8. The number of carbonyl (C=O) groups is 6. The Labute approximate surface area is 400 Å². The van der Waals surface area contributed by atoms with Crippen LogP contribution in [-0.4, -0.2) is 129 Å². The quantitative estimate of drug-likeness (QED) is 0.0438. The molecule has 20 heteroatoms. The SMILES string of the molecule is CN(C)C(=O)CCCOC(=O)C(C)(C)Oc1ccc(Cl)cc1F.CN(C)C(=O)CCCOC(=O)C(C)(C)Oc1ccc(F)cc1.CN(C)C(=O)CCCOC(=O)C(C)(C)Oc1ccc(F)cc1F. The molecule has 0 saturated heterocycles. The third-order valence-corrected chi connectivity index (χ3v) is 9.22. The van der Waals surface area contributed by atoms with Crippen LogP contribution in [0.3, 0.4) is 0 Å². The molecule has 0 aliphatic heterocycles. The second-order valence-electron chi connectivity index (χ2n) is 17.0. The molecule has 0 N–H and O–H groups in total. The molecule has 0 aliphatic rings. The fourth-order valence-corrected chi connectivity index (χ4v) is 5.10. The molecule has 3 aromatic rings. The summed E-state index contributed by atoms with van der Waals surface area (Å²) in [6.45, 7) is 9.24. The lowest BCUT2D eigenvalue weighted by Crippen LogP contribution is -2.40. The van der Waals surface area contributed by atoms with Crippen molar-refractivity contribution in [2.75, 3.05) is 62.1 Å². The summed E-state index contributed by atoms with van der Waals surface area (Å²) in [6.07, 6.45) is 2.11. The second kappa shape index (κ2) is 28.3. The molecule has 68 heavy (non-hydrogen) atoms. The van der Waals surface area contributed by atoms with Crippen LogP contribution in [0.15, 0.2) is 60.7 Å². The normalized spacial score (nSPS) is 11.0. The summed E-state index contributed by atoms with van der Waals surface area (Å²) in [6, 6.07) is 12.1. The van der Waals surface area contributed by atoms with Gasteiger partial charge in [0.25, 0.3) is 0 Å². The molecule has 15 nitrogen and oxygen atoms in total. The summed E-state index contributed by atoms with van der Waals surface area (Å²) in [5.41, 5.74) is -3.99. The number of hydrogen-bond donors (Lipinski definition) is 0. The molecule has 0 fully saturated rings. The number of esters is 3. The largest absolute Gasteiger partial charge is 0.476 e. The van der Waals surface area contributed by atoms with Gasteiger partial charge in [-0.05, 0) is 115 Å². The summed E-state index contributed by atoms with van der Waals surface area (Å²) >= 11 is 5.66. The van der Waals surface area contributed by atoms with Crippen molar-refractivity contribution in [2.24, 2.45) is 0 Å². The number of benzene rings is 3. The molecule has 0 saturated carbocycles. The second-order valence-corrected chi connectivity index (χ2v) is 17.5. The van der Waals surface area contributed by atoms with Gasteiger partial charge in [0.2, 0.25) is 17.7 Å². The fraction of sp³-hybridized carbons (Fsp3) is 0.500. The Balaban J connectivity index is 0.000000510. The van der Waals surface area contributed by atoms with Gasteiger partial charge in [-0.15, -0.1) is 0 Å². The van der Waals surface area contributed by atoms with E-state index in [1.807, 2.05) is 0 Å². The van der Waals surface area contributed by atoms with Gasteiger partial charge in [-0.2, -0.15) is 0 Å². The van der Waals surface area contributed by atoms with Gasteiger partial charge in [0.05, 0.1) is 19.8 Å². The lowest BCUT2D eigenvalue weighted by molar-refractivity contribution is -0.160. The minimum atomic E-state index is -1.44. The van der Waals surface area contributed by atoms with E-state index in [1.165, 1.54) is 78.8 Å². The highest BCUT2D eigenvalue weighted by Gasteiger charge is 2.34. The molecule has 3 rings (SSSR count). The van der Waals surface area contributed by atoms with E-state index in [1.54, 1.807) is 56.1 Å². The van der Waals surface area contributed by atoms with Crippen molar-refractivity contribution in [3.05, 3.63) is 89.0 Å². The minimum absolute atomic E-state index is 0.0159. The van der Waals surface area contributed by atoms with Crippen molar-refractivity contribution in [1.82, 2.24) is 14.7 Å². The van der Waals surface area contributed by atoms with Crippen molar-refractivity contribution in [3.63, 3.8) is 0 Å². The van der Waals surface area contributed by atoms with Crippen LogP contribution in [0, 0.1) is 23.3 Å². The zero-order chi connectivity index (χ0) is 52.0. The summed E-state index contributed by atoms with van der Waals surface area (Å²) < 4.78 is 84.4. The number of amides is 3. The number of carbonyl (C=O) groups excluding carboxylic acids is 6. The van der Waals surface area contributed by atoms with Gasteiger partial charge in [-0.1, -0.05) is 11.6 Å². The van der Waals surface area contributed by atoms with Gasteiger partial charge in [-0.3, -0.25) is 14.4 Å². The Morgan fingerprint density at radius 1 is 0.471 bits per heavy atom. The molecular formula is C48H64ClF4N3O12. The highest BCUT2D eigenvalue weighted by atomic mass is 35.5. The van der Waals surface area contributed by atoms with E-state index < -0.39 is 52.2 Å². The Morgan fingerprint density at radius 2 is 0.794 bits per heavy atom. The van der Waals surface area contributed by atoms with Crippen molar-refractivity contribution in [3.8, 4) is 17.2 Å². The first-order chi connectivity index (χ1) is 31.5. The summed E-state index contributed by atoms with van der Waals surface area (Å²) in [7, 11) is 9.95. The van der Waals surface area contributed by atoms with Crippen molar-refractivity contribution in [1.29, 1.82) is 0 Å². The van der Waals surface area contributed by atoms with Gasteiger partial charge < -0.3 is 43.1 Å². The van der Waals surface area contributed by atoms with Crippen molar-refractivity contribution >= 4 is 47.2 Å². The Kier molecular flexibility index (Phi) is 24.9. The molecule has 0 radical (unpaired) electrons. The smallest absolute Gasteiger partial charge is 0.349 e. The number of ether oxygens (including phenoxy) is 6. The molecule has 3 amide bonds. The number of halogens is 5. The molecule has 3 aromatic carbocycles. The predicted octanol–water partition coefficient (Wildman–Crippen LogP) is 7.98. The topological polar surface area (TPSA) is 168 Å². The van der Waals surface area contributed by atoms with Gasteiger partial charge >= 0.3 is 17.9 Å². The monoisotopic (exact) mass is 985 g/mol. The molecular weight excluding hydrogens is 922 g/mol. The van der Waals surface area contributed by atoms with Crippen LogP contribution in [0.5, 0.6) is 17.2 Å². The summed E-state index contributed by atoms with van der Waals surface area (Å²) in [5.74, 6) is -4.60. The molecule has 0 heterocycles. The van der Waals surface area contributed by atoms with Gasteiger partial charge in [0.15, 0.2) is 39.9 Å². The number of rotatable bonds is 21. The van der Waals surface area contributed by atoms with E-state index in [4.69, 9.17) is 40.0 Å². The lowest BCUT2D eigenvalue weighted by Gasteiger charge is -2.24. The highest BCUT2D eigenvalue weighted by Crippen LogP contribution is 2.27. The Morgan fingerprint density at radius 3 is 1.13 bits per heavy atom. The Bertz CT molecular complexity index is 2030. The fourth-order valence-electron chi connectivity index (χ4n) is 4.95. The van der Waals surface area contributed by atoms with E-state index in [-0.39, 0.29) is 72.7 Å². The van der Waals surface area contributed by atoms with Crippen molar-refractivity contribution < 1.29 is 74.8 Å². The van der Waals surface area contributed by atoms with Gasteiger partial charge in [0, 0.05) is 72.6 Å². The third kappa shape index (κ3) is 22.6. The van der Waals surface area contributed by atoms with E-state index in [2.05, 4.69) is 0 Å². The van der Waals surface area contributed by atoms with Crippen LogP contribution in [0.4, 0.5) is 17.6 Å². The maximum absolute atomic E-state index is 13.7. The van der Waals surface area contributed by atoms with Crippen LogP contribution in [0.25, 0.3) is 0 Å². The van der Waals surface area contributed by atoms with Crippen LogP contribution in [0.2, 0.25) is 5.02 Å². The maximum Gasteiger partial charge on any atom is 0.349 e. The van der Waals surface area contributed by atoms with E-state index in [0.29, 0.717) is 37.5 Å². The van der Waals surface area contributed by atoms with E-state index in [0.717, 1.165) is 18.2 Å². The van der Waals surface area contributed by atoms with Crippen molar-refractivity contribution in [2.45, 2.75) is 96.9 Å². The zero-order valence-corrected chi connectivity index (χ0v) is 41.5. The molecule has 0 aromatic heterocycles. The molecule has 0 bridgehead atoms. The molecule has 0 aliphatic carbocycles. The minimum Gasteiger partial charge on any atom is -0.476 e. The van der Waals surface area contributed by atoms with Gasteiger partial charge in [-0.25, -0.2) is 31.9 Å². The van der Waals surface area contributed by atoms with Crippen LogP contribution < -0.4 is 14.2 Å². The first-order valence-corrected chi connectivity index (χ1v) is 21.7. The molecule has 0 unspecified atom stereocenters. The molecule has 0 spiro atoms. The number of nitrogens with zero attached hydrogens (tertiary/aromatic N) is 3. The van der Waals surface area contributed by atoms with Crippen LogP contribution in [-0.2, 0) is 43.0 Å². The standard InChI is InChI=1S/C16H21ClFNO4.C16H21F2NO4.C16H22FNO4/c2*1-16(2,23-13-8-7-11(17)10-12(13)18)15(21)22-9-5-6-14(20)19(3)4;1-16(2,22-13-9-7-12(17)8-10-13)15(20)21-11-5-6-14(19)18(3)4/h2*7-8,10H,5-6,9H2,1-4H3;7-10H,5-6,11H2,1-4H3. The third-order valence-electron chi connectivity index (χ3n) is 8.98. The van der Waals surface area contributed by atoms with Crippen LogP contribution in [0.1, 0.15) is 80.1 Å². The predicted molar refractivity (Wildman–Crippen MR) is 245 cm³/mol. The summed E-state index contributed by atoms with van der Waals surface area (Å²) in [4.78, 5) is 74.6. The molecule has 0 atom stereocenters. The van der Waals surface area contributed by atoms with Crippen LogP contribution >= 0.6 is 11.6 Å². The Hall–Kier alpha value is -6.11. The van der Waals surface area contributed by atoms with E-state index in [9.17, 15) is 46.3 Å². The first kappa shape index (κ1) is 59.9. The van der Waals surface area contributed by atoms with E-state index >= 15 is 0 Å². The summed E-state index contributed by atoms with van der Waals surface area (Å²) in [5, 5.41) is 0.237. The lowest BCUT2D eigenvalue weighted by atomic mass is 10.1. The highest BCUT2D eigenvalue weighted by molar-refractivity contribution is 6.30. The van der Waals surface area contributed by atoms with Gasteiger partial charge in [0.1, 0.15) is 17.4 Å².